The molecule has 0 fully saturated rings. The van der Waals surface area contributed by atoms with E-state index >= 15 is 0 Å². The molecule has 0 spiro atoms. The third-order valence-corrected chi connectivity index (χ3v) is 2.77. The molecule has 0 aromatic carbocycles. The summed E-state index contributed by atoms with van der Waals surface area (Å²) in [4.78, 5) is 13.5. The van der Waals surface area contributed by atoms with E-state index in [1.165, 1.54) is 0 Å². The Labute approximate surface area is 86.2 Å². The van der Waals surface area contributed by atoms with Crippen molar-refractivity contribution in [1.29, 1.82) is 0 Å². The van der Waals surface area contributed by atoms with Gasteiger partial charge in [-0.1, -0.05) is 13.3 Å². The Morgan fingerprint density at radius 3 is 2.38 bits per heavy atom. The molecule has 0 aromatic rings. The quantitative estimate of drug-likeness (QED) is 0.632. The number of carbonyl (C=O) groups excluding carboxylic acids is 1. The van der Waals surface area contributed by atoms with Gasteiger partial charge in [0.15, 0.2) is 0 Å². The van der Waals surface area contributed by atoms with Gasteiger partial charge in [0, 0.05) is 19.5 Å². The SMILES string of the molecule is CCCCN(C)C(=O)C(C)(C)CCl. The largest absolute Gasteiger partial charge is 0.345 e. The summed E-state index contributed by atoms with van der Waals surface area (Å²) >= 11 is 5.72. The minimum Gasteiger partial charge on any atom is -0.345 e. The number of alkyl halides is 1. The van der Waals surface area contributed by atoms with Gasteiger partial charge in [0.1, 0.15) is 0 Å². The molecule has 0 aliphatic heterocycles. The van der Waals surface area contributed by atoms with Crippen molar-refractivity contribution in [2.45, 2.75) is 33.6 Å². The van der Waals surface area contributed by atoms with Crippen LogP contribution in [0.5, 0.6) is 0 Å². The molecule has 0 N–H and O–H groups in total. The minimum absolute atomic E-state index is 0.135. The molecule has 0 rings (SSSR count). The van der Waals surface area contributed by atoms with Crippen molar-refractivity contribution < 1.29 is 4.79 Å². The van der Waals surface area contributed by atoms with E-state index in [4.69, 9.17) is 11.6 Å². The summed E-state index contributed by atoms with van der Waals surface area (Å²) in [6, 6.07) is 0. The highest BCUT2D eigenvalue weighted by Crippen LogP contribution is 2.19. The number of halogens is 1. The summed E-state index contributed by atoms with van der Waals surface area (Å²) in [5, 5.41) is 0. The Kier molecular flexibility index (Phi) is 5.38. The van der Waals surface area contributed by atoms with Crippen LogP contribution >= 0.6 is 11.6 Å². The van der Waals surface area contributed by atoms with Crippen molar-refractivity contribution in [1.82, 2.24) is 4.90 Å². The number of carbonyl (C=O) groups is 1. The highest BCUT2D eigenvalue weighted by atomic mass is 35.5. The van der Waals surface area contributed by atoms with Gasteiger partial charge in [0.2, 0.25) is 5.91 Å². The zero-order valence-electron chi connectivity index (χ0n) is 9.06. The number of unbranched alkanes of at least 4 members (excludes halogenated alkanes) is 1. The fourth-order valence-electron chi connectivity index (χ4n) is 1.07. The molecule has 0 radical (unpaired) electrons. The molecular formula is C10H20ClNO. The molecule has 2 nitrogen and oxygen atoms in total. The second kappa shape index (κ2) is 5.48. The van der Waals surface area contributed by atoms with Crippen LogP contribution in [-0.4, -0.2) is 30.3 Å². The fraction of sp³-hybridized carbons (Fsp3) is 0.900. The van der Waals surface area contributed by atoms with Gasteiger partial charge in [-0.15, -0.1) is 11.6 Å². The van der Waals surface area contributed by atoms with E-state index in [1.54, 1.807) is 4.90 Å². The van der Waals surface area contributed by atoms with E-state index in [0.29, 0.717) is 5.88 Å². The number of hydrogen-bond acceptors (Lipinski definition) is 1. The maximum atomic E-state index is 11.7. The molecule has 0 aromatic heterocycles. The molecule has 0 saturated carbocycles. The first-order valence-electron chi connectivity index (χ1n) is 4.77. The number of rotatable bonds is 5. The summed E-state index contributed by atoms with van der Waals surface area (Å²) in [6.07, 6.45) is 2.17. The van der Waals surface area contributed by atoms with E-state index in [0.717, 1.165) is 19.4 Å². The van der Waals surface area contributed by atoms with Crippen LogP contribution in [0.2, 0.25) is 0 Å². The molecule has 0 bridgehead atoms. The molecular weight excluding hydrogens is 186 g/mol. The Morgan fingerprint density at radius 2 is 2.00 bits per heavy atom. The molecule has 0 saturated heterocycles. The van der Waals surface area contributed by atoms with Crippen molar-refractivity contribution >= 4 is 17.5 Å². The topological polar surface area (TPSA) is 20.3 Å². The second-order valence-corrected chi connectivity index (χ2v) is 4.37. The maximum Gasteiger partial charge on any atom is 0.229 e. The van der Waals surface area contributed by atoms with Gasteiger partial charge in [-0.05, 0) is 20.3 Å². The Morgan fingerprint density at radius 1 is 1.46 bits per heavy atom. The second-order valence-electron chi connectivity index (χ2n) is 4.10. The Balaban J connectivity index is 4.09. The first-order chi connectivity index (χ1) is 5.95. The van der Waals surface area contributed by atoms with Gasteiger partial charge in [-0.2, -0.15) is 0 Å². The molecule has 3 heteroatoms. The first kappa shape index (κ1) is 12.8. The van der Waals surface area contributed by atoms with Crippen molar-refractivity contribution in [2.24, 2.45) is 5.41 Å². The predicted octanol–water partition coefficient (Wildman–Crippen LogP) is 2.51. The average Bonchev–Trinajstić information content (AvgIpc) is 2.12. The minimum atomic E-state index is -0.427. The van der Waals surface area contributed by atoms with Crippen LogP contribution in [0, 0.1) is 5.41 Å². The Bertz CT molecular complexity index is 168. The number of nitrogens with zero attached hydrogens (tertiary/aromatic N) is 1. The van der Waals surface area contributed by atoms with Crippen LogP contribution in [-0.2, 0) is 4.79 Å². The molecule has 0 aliphatic rings. The van der Waals surface area contributed by atoms with E-state index < -0.39 is 5.41 Å². The lowest BCUT2D eigenvalue weighted by Crippen LogP contribution is -2.39. The van der Waals surface area contributed by atoms with Gasteiger partial charge in [0.25, 0.3) is 0 Å². The van der Waals surface area contributed by atoms with Crippen LogP contribution in [0.1, 0.15) is 33.6 Å². The van der Waals surface area contributed by atoms with E-state index in [-0.39, 0.29) is 5.91 Å². The highest BCUT2D eigenvalue weighted by molar-refractivity contribution is 6.19. The lowest BCUT2D eigenvalue weighted by molar-refractivity contribution is -0.137. The van der Waals surface area contributed by atoms with Gasteiger partial charge in [0.05, 0.1) is 5.41 Å². The molecule has 13 heavy (non-hydrogen) atoms. The number of hydrogen-bond donors (Lipinski definition) is 0. The van der Waals surface area contributed by atoms with Gasteiger partial charge in [-0.25, -0.2) is 0 Å². The van der Waals surface area contributed by atoms with Crippen molar-refractivity contribution in [2.75, 3.05) is 19.5 Å². The lowest BCUT2D eigenvalue weighted by atomic mass is 9.94. The molecule has 0 heterocycles. The van der Waals surface area contributed by atoms with E-state index in [1.807, 2.05) is 20.9 Å². The summed E-state index contributed by atoms with van der Waals surface area (Å²) in [7, 11) is 1.84. The van der Waals surface area contributed by atoms with Gasteiger partial charge < -0.3 is 4.90 Å². The third-order valence-electron chi connectivity index (χ3n) is 2.11. The van der Waals surface area contributed by atoms with Crippen LogP contribution in [0.3, 0.4) is 0 Å². The summed E-state index contributed by atoms with van der Waals surface area (Å²) in [6.45, 7) is 6.70. The van der Waals surface area contributed by atoms with Crippen LogP contribution in [0.25, 0.3) is 0 Å². The van der Waals surface area contributed by atoms with Crippen molar-refractivity contribution in [3.05, 3.63) is 0 Å². The fourth-order valence-corrected chi connectivity index (χ4v) is 1.18. The molecule has 78 valence electrons. The monoisotopic (exact) mass is 205 g/mol. The molecule has 0 aliphatic carbocycles. The zero-order valence-corrected chi connectivity index (χ0v) is 9.82. The molecule has 1 amide bonds. The zero-order chi connectivity index (χ0) is 10.5. The standard InChI is InChI=1S/C10H20ClNO/c1-5-6-7-12(4)9(13)10(2,3)8-11/h5-8H2,1-4H3. The van der Waals surface area contributed by atoms with Gasteiger partial charge in [-0.3, -0.25) is 4.79 Å². The third kappa shape index (κ3) is 3.99. The van der Waals surface area contributed by atoms with Crippen molar-refractivity contribution in [3.8, 4) is 0 Å². The van der Waals surface area contributed by atoms with Crippen molar-refractivity contribution in [3.63, 3.8) is 0 Å². The highest BCUT2D eigenvalue weighted by Gasteiger charge is 2.28. The Hall–Kier alpha value is -0.240. The summed E-state index contributed by atoms with van der Waals surface area (Å²) < 4.78 is 0. The number of amides is 1. The smallest absolute Gasteiger partial charge is 0.229 e. The maximum absolute atomic E-state index is 11.7. The lowest BCUT2D eigenvalue weighted by Gasteiger charge is -2.27. The average molecular weight is 206 g/mol. The predicted molar refractivity (Wildman–Crippen MR) is 57.0 cm³/mol. The summed E-state index contributed by atoms with van der Waals surface area (Å²) in [5.41, 5.74) is -0.427. The van der Waals surface area contributed by atoms with E-state index in [2.05, 4.69) is 6.92 Å². The molecule has 0 atom stereocenters. The van der Waals surface area contributed by atoms with Gasteiger partial charge >= 0.3 is 0 Å². The molecule has 0 unspecified atom stereocenters. The van der Waals surface area contributed by atoms with Crippen LogP contribution in [0.4, 0.5) is 0 Å². The normalized spacial score (nSPS) is 11.5. The summed E-state index contributed by atoms with van der Waals surface area (Å²) in [5.74, 6) is 0.512. The van der Waals surface area contributed by atoms with E-state index in [9.17, 15) is 4.79 Å². The van der Waals surface area contributed by atoms with Crippen LogP contribution < -0.4 is 0 Å². The first-order valence-corrected chi connectivity index (χ1v) is 5.30. The van der Waals surface area contributed by atoms with Crippen LogP contribution in [0.15, 0.2) is 0 Å².